The van der Waals surface area contributed by atoms with Crippen molar-refractivity contribution in [3.05, 3.63) is 77.6 Å². The van der Waals surface area contributed by atoms with E-state index in [1.807, 2.05) is 28.8 Å². The second-order valence-electron chi connectivity index (χ2n) is 7.08. The van der Waals surface area contributed by atoms with Gasteiger partial charge in [-0.15, -0.1) is 10.2 Å². The molecule has 0 saturated heterocycles. The average Bonchev–Trinajstić information content (AvgIpc) is 3.27. The molecule has 4 rings (SSSR count). The van der Waals surface area contributed by atoms with Gasteiger partial charge in [0.05, 0.1) is 17.9 Å². The first kappa shape index (κ1) is 22.8. The van der Waals surface area contributed by atoms with Gasteiger partial charge >= 0.3 is 0 Å². The minimum Gasteiger partial charge on any atom is -0.495 e. The van der Waals surface area contributed by atoms with Gasteiger partial charge in [0.2, 0.25) is 5.91 Å². The second kappa shape index (κ2) is 10.5. The van der Waals surface area contributed by atoms with E-state index in [0.717, 1.165) is 17.7 Å². The van der Waals surface area contributed by atoms with E-state index in [-0.39, 0.29) is 11.7 Å². The minimum absolute atomic E-state index is 0.158. The number of hydrogen-bond acceptors (Lipinski definition) is 6. The van der Waals surface area contributed by atoms with Gasteiger partial charge in [-0.1, -0.05) is 42.4 Å². The topological polar surface area (TPSA) is 81.9 Å². The SMILES string of the molecule is CCc1ccc(-n2c(SCC(=O)Nc3ccc(OC)c(Cl)c3)nnc2-c2ccncc2)cc1. The largest absolute Gasteiger partial charge is 0.495 e. The quantitative estimate of drug-likeness (QED) is 0.346. The Kier molecular flexibility index (Phi) is 7.26. The number of halogens is 1. The molecule has 2 heterocycles. The zero-order valence-electron chi connectivity index (χ0n) is 18.2. The van der Waals surface area contributed by atoms with Gasteiger partial charge in [0.25, 0.3) is 0 Å². The first-order valence-electron chi connectivity index (χ1n) is 10.3. The van der Waals surface area contributed by atoms with Crippen LogP contribution in [0.15, 0.2) is 72.1 Å². The van der Waals surface area contributed by atoms with Crippen LogP contribution < -0.4 is 10.1 Å². The number of nitrogens with zero attached hydrogens (tertiary/aromatic N) is 4. The maximum Gasteiger partial charge on any atom is 0.234 e. The van der Waals surface area contributed by atoms with Gasteiger partial charge < -0.3 is 10.1 Å². The molecule has 0 atom stereocenters. The van der Waals surface area contributed by atoms with Crippen LogP contribution in [0.3, 0.4) is 0 Å². The van der Waals surface area contributed by atoms with Crippen molar-refractivity contribution in [2.24, 2.45) is 0 Å². The number of rotatable bonds is 8. The molecule has 0 fully saturated rings. The Morgan fingerprint density at radius 2 is 1.85 bits per heavy atom. The van der Waals surface area contributed by atoms with Crippen molar-refractivity contribution in [3.8, 4) is 22.8 Å². The molecule has 0 aliphatic heterocycles. The molecule has 9 heteroatoms. The number of methoxy groups -OCH3 is 1. The molecule has 33 heavy (non-hydrogen) atoms. The maximum absolute atomic E-state index is 12.6. The Bertz CT molecular complexity index is 1250. The molecule has 0 spiro atoms. The normalized spacial score (nSPS) is 10.8. The third-order valence-electron chi connectivity index (χ3n) is 4.94. The number of amides is 1. The number of ether oxygens (including phenoxy) is 1. The van der Waals surface area contributed by atoms with E-state index < -0.39 is 0 Å². The lowest BCUT2D eigenvalue weighted by Crippen LogP contribution is -2.14. The van der Waals surface area contributed by atoms with Crippen LogP contribution >= 0.6 is 23.4 Å². The molecule has 7 nitrogen and oxygen atoms in total. The fraction of sp³-hybridized carbons (Fsp3) is 0.167. The van der Waals surface area contributed by atoms with Gasteiger partial charge in [-0.2, -0.15) is 0 Å². The number of thioether (sulfide) groups is 1. The number of carbonyl (C=O) groups is 1. The molecule has 168 valence electrons. The zero-order chi connectivity index (χ0) is 23.2. The van der Waals surface area contributed by atoms with Gasteiger partial charge in [0.1, 0.15) is 5.75 Å². The summed E-state index contributed by atoms with van der Waals surface area (Å²) in [4.78, 5) is 16.7. The van der Waals surface area contributed by atoms with E-state index in [0.29, 0.717) is 27.4 Å². The van der Waals surface area contributed by atoms with Gasteiger partial charge in [-0.25, -0.2) is 0 Å². The number of nitrogens with one attached hydrogen (secondary N) is 1. The van der Waals surface area contributed by atoms with E-state index in [1.165, 1.54) is 17.3 Å². The molecule has 4 aromatic rings. The summed E-state index contributed by atoms with van der Waals surface area (Å²) in [6.45, 7) is 2.12. The highest BCUT2D eigenvalue weighted by molar-refractivity contribution is 7.99. The Hall–Kier alpha value is -3.36. The minimum atomic E-state index is -0.178. The van der Waals surface area contributed by atoms with E-state index in [2.05, 4.69) is 39.6 Å². The van der Waals surface area contributed by atoms with Crippen molar-refractivity contribution in [3.63, 3.8) is 0 Å². The molecule has 0 radical (unpaired) electrons. The van der Waals surface area contributed by atoms with Gasteiger partial charge in [-0.3, -0.25) is 14.3 Å². The zero-order valence-corrected chi connectivity index (χ0v) is 19.7. The number of anilines is 1. The van der Waals surface area contributed by atoms with E-state index in [9.17, 15) is 4.79 Å². The van der Waals surface area contributed by atoms with Crippen LogP contribution in [0.25, 0.3) is 17.1 Å². The van der Waals surface area contributed by atoms with E-state index in [1.54, 1.807) is 37.7 Å². The summed E-state index contributed by atoms with van der Waals surface area (Å²) in [7, 11) is 1.54. The molecule has 0 bridgehead atoms. The first-order valence-corrected chi connectivity index (χ1v) is 11.7. The average molecular weight is 480 g/mol. The molecule has 0 saturated carbocycles. The Balaban J connectivity index is 1.56. The molecular formula is C24H22ClN5O2S. The fourth-order valence-corrected chi connectivity index (χ4v) is 4.25. The van der Waals surface area contributed by atoms with Crippen LogP contribution in [0, 0.1) is 0 Å². The monoisotopic (exact) mass is 479 g/mol. The summed E-state index contributed by atoms with van der Waals surface area (Å²) < 4.78 is 7.10. The highest BCUT2D eigenvalue weighted by Crippen LogP contribution is 2.29. The number of aryl methyl sites for hydroxylation is 1. The molecular weight excluding hydrogens is 458 g/mol. The van der Waals surface area contributed by atoms with Gasteiger partial charge in [0.15, 0.2) is 11.0 Å². The number of aromatic nitrogens is 4. The summed E-state index contributed by atoms with van der Waals surface area (Å²) in [6.07, 6.45) is 4.39. The standard InChI is InChI=1S/C24H22ClN5O2S/c1-3-16-4-7-19(8-5-16)30-23(17-10-12-26-13-11-17)28-29-24(30)33-15-22(31)27-18-6-9-21(32-2)20(25)14-18/h4-14H,3,15H2,1-2H3,(H,27,31). The molecule has 0 unspecified atom stereocenters. The summed E-state index contributed by atoms with van der Waals surface area (Å²) >= 11 is 7.46. The third kappa shape index (κ3) is 5.35. The van der Waals surface area contributed by atoms with Crippen LogP contribution in [-0.4, -0.2) is 38.5 Å². The van der Waals surface area contributed by atoms with Crippen molar-refractivity contribution in [2.45, 2.75) is 18.5 Å². The highest BCUT2D eigenvalue weighted by Gasteiger charge is 2.17. The van der Waals surface area contributed by atoms with Crippen molar-refractivity contribution in [1.82, 2.24) is 19.7 Å². The Morgan fingerprint density at radius 3 is 2.52 bits per heavy atom. The Morgan fingerprint density at radius 1 is 1.09 bits per heavy atom. The van der Waals surface area contributed by atoms with Gasteiger partial charge in [-0.05, 0) is 54.4 Å². The lowest BCUT2D eigenvalue weighted by atomic mass is 10.1. The summed E-state index contributed by atoms with van der Waals surface area (Å²) in [5.41, 5.74) is 3.65. The predicted molar refractivity (Wildman–Crippen MR) is 131 cm³/mol. The molecule has 2 aromatic heterocycles. The number of benzene rings is 2. The lowest BCUT2D eigenvalue weighted by Gasteiger charge is -2.11. The molecule has 1 N–H and O–H groups in total. The number of carbonyl (C=O) groups excluding carboxylic acids is 1. The van der Waals surface area contributed by atoms with Crippen molar-refractivity contribution >= 4 is 35.0 Å². The van der Waals surface area contributed by atoms with Crippen molar-refractivity contribution in [2.75, 3.05) is 18.2 Å². The molecule has 2 aromatic carbocycles. The van der Waals surface area contributed by atoms with Crippen LogP contribution in [0.2, 0.25) is 5.02 Å². The predicted octanol–water partition coefficient (Wildman–Crippen LogP) is 5.28. The van der Waals surface area contributed by atoms with Crippen LogP contribution in [0.5, 0.6) is 5.75 Å². The lowest BCUT2D eigenvalue weighted by molar-refractivity contribution is -0.113. The second-order valence-corrected chi connectivity index (χ2v) is 8.43. The highest BCUT2D eigenvalue weighted by atomic mass is 35.5. The van der Waals surface area contributed by atoms with Crippen molar-refractivity contribution in [1.29, 1.82) is 0 Å². The molecule has 0 aliphatic carbocycles. The van der Waals surface area contributed by atoms with E-state index in [4.69, 9.17) is 16.3 Å². The molecule has 0 aliphatic rings. The first-order chi connectivity index (χ1) is 16.1. The van der Waals surface area contributed by atoms with E-state index >= 15 is 0 Å². The summed E-state index contributed by atoms with van der Waals surface area (Å²) in [5.74, 6) is 1.22. The van der Waals surface area contributed by atoms with Crippen LogP contribution in [-0.2, 0) is 11.2 Å². The third-order valence-corrected chi connectivity index (χ3v) is 6.17. The molecule has 1 amide bonds. The summed E-state index contributed by atoms with van der Waals surface area (Å²) in [5, 5.41) is 12.7. The maximum atomic E-state index is 12.6. The smallest absolute Gasteiger partial charge is 0.234 e. The van der Waals surface area contributed by atoms with Crippen molar-refractivity contribution < 1.29 is 9.53 Å². The van der Waals surface area contributed by atoms with Gasteiger partial charge in [0, 0.05) is 29.3 Å². The van der Waals surface area contributed by atoms with Crippen LogP contribution in [0.4, 0.5) is 5.69 Å². The summed E-state index contributed by atoms with van der Waals surface area (Å²) in [6, 6.07) is 17.1. The Labute approximate surface area is 201 Å². The van der Waals surface area contributed by atoms with Crippen LogP contribution in [0.1, 0.15) is 12.5 Å². The number of pyridine rings is 1. The number of hydrogen-bond donors (Lipinski definition) is 1. The fourth-order valence-electron chi connectivity index (χ4n) is 3.24.